The average Bonchev–Trinajstić information content (AvgIpc) is 2.69. The van der Waals surface area contributed by atoms with Crippen LogP contribution in [0.25, 0.3) is 0 Å². The third kappa shape index (κ3) is 5.13. The van der Waals surface area contributed by atoms with E-state index in [4.69, 9.17) is 0 Å². The van der Waals surface area contributed by atoms with Crippen LogP contribution in [0.3, 0.4) is 0 Å². The van der Waals surface area contributed by atoms with Gasteiger partial charge in [-0.15, -0.1) is 0 Å². The van der Waals surface area contributed by atoms with E-state index in [0.717, 1.165) is 19.3 Å². The predicted molar refractivity (Wildman–Crippen MR) is 110 cm³/mol. The highest BCUT2D eigenvalue weighted by molar-refractivity contribution is 7.92. The zero-order chi connectivity index (χ0) is 20.0. The Morgan fingerprint density at radius 1 is 1.07 bits per heavy atom. The van der Waals surface area contributed by atoms with Gasteiger partial charge >= 0.3 is 5.97 Å². The number of aromatic carboxylic acids is 1. The maximum Gasteiger partial charge on any atom is 0.337 e. The second kappa shape index (κ2) is 8.93. The molecule has 0 unspecified atom stereocenters. The molecule has 7 heteroatoms. The maximum atomic E-state index is 12.6. The third-order valence-corrected chi connectivity index (χ3v) is 6.08. The van der Waals surface area contributed by atoms with Gasteiger partial charge in [0.1, 0.15) is 0 Å². The van der Waals surface area contributed by atoms with Gasteiger partial charge in [0, 0.05) is 17.9 Å². The van der Waals surface area contributed by atoms with Gasteiger partial charge in [-0.2, -0.15) is 0 Å². The molecular formula is C21H24N2O4S. The number of benzene rings is 2. The van der Waals surface area contributed by atoms with Crippen molar-refractivity contribution in [2.45, 2.75) is 37.0 Å². The largest absolute Gasteiger partial charge is 0.478 e. The van der Waals surface area contributed by atoms with Crippen LogP contribution in [-0.2, 0) is 10.0 Å². The number of rotatable bonds is 8. The molecule has 0 radical (unpaired) electrons. The highest BCUT2D eigenvalue weighted by atomic mass is 32.2. The molecule has 0 aromatic heterocycles. The van der Waals surface area contributed by atoms with Crippen LogP contribution < -0.4 is 10.0 Å². The predicted octanol–water partition coefficient (Wildman–Crippen LogP) is 4.49. The molecule has 0 atom stereocenters. The molecule has 148 valence electrons. The minimum absolute atomic E-state index is 0.0615. The summed E-state index contributed by atoms with van der Waals surface area (Å²) in [6, 6.07) is 12.6. The Labute approximate surface area is 165 Å². The Bertz CT molecular complexity index is 969. The topological polar surface area (TPSA) is 95.5 Å². The van der Waals surface area contributed by atoms with Gasteiger partial charge < -0.3 is 10.4 Å². The summed E-state index contributed by atoms with van der Waals surface area (Å²) in [5.74, 6) is -1.17. The normalized spacial score (nSPS) is 14.2. The molecule has 0 fully saturated rings. The second-order valence-corrected chi connectivity index (χ2v) is 8.45. The molecule has 3 rings (SSSR count). The van der Waals surface area contributed by atoms with E-state index in [-0.39, 0.29) is 10.5 Å². The number of allylic oxidation sites excluding steroid dienone is 1. The van der Waals surface area contributed by atoms with E-state index < -0.39 is 16.0 Å². The Balaban J connectivity index is 1.75. The number of carbonyl (C=O) groups is 1. The zero-order valence-electron chi connectivity index (χ0n) is 15.5. The molecule has 1 aliphatic carbocycles. The lowest BCUT2D eigenvalue weighted by Gasteiger charge is -2.15. The van der Waals surface area contributed by atoms with Crippen molar-refractivity contribution in [2.75, 3.05) is 16.6 Å². The van der Waals surface area contributed by atoms with Gasteiger partial charge in [-0.05, 0) is 62.4 Å². The molecule has 0 aliphatic heterocycles. The first kappa shape index (κ1) is 19.9. The number of nitrogens with one attached hydrogen (secondary N) is 2. The van der Waals surface area contributed by atoms with Gasteiger partial charge in [-0.3, -0.25) is 4.72 Å². The van der Waals surface area contributed by atoms with E-state index in [1.165, 1.54) is 36.6 Å². The van der Waals surface area contributed by atoms with E-state index in [0.29, 0.717) is 17.9 Å². The maximum absolute atomic E-state index is 12.6. The monoisotopic (exact) mass is 400 g/mol. The molecule has 0 amide bonds. The van der Waals surface area contributed by atoms with Crippen LogP contribution >= 0.6 is 0 Å². The fourth-order valence-electron chi connectivity index (χ4n) is 3.23. The van der Waals surface area contributed by atoms with Crippen LogP contribution in [0.15, 0.2) is 65.1 Å². The summed E-state index contributed by atoms with van der Waals surface area (Å²) in [7, 11) is -3.87. The molecular weight excluding hydrogens is 376 g/mol. The molecule has 0 saturated carbocycles. The minimum atomic E-state index is -3.87. The van der Waals surface area contributed by atoms with Crippen molar-refractivity contribution < 1.29 is 18.3 Å². The van der Waals surface area contributed by atoms with Gasteiger partial charge in [0.2, 0.25) is 0 Å². The first-order valence-corrected chi connectivity index (χ1v) is 10.8. The van der Waals surface area contributed by atoms with E-state index >= 15 is 0 Å². The number of hydrogen-bond donors (Lipinski definition) is 3. The fourth-order valence-corrected chi connectivity index (χ4v) is 4.32. The fraction of sp³-hybridized carbons (Fsp3) is 0.286. The number of para-hydroxylation sites is 1. The van der Waals surface area contributed by atoms with Crippen LogP contribution in [-0.4, -0.2) is 26.0 Å². The van der Waals surface area contributed by atoms with Gasteiger partial charge in [0.15, 0.2) is 0 Å². The van der Waals surface area contributed by atoms with E-state index in [9.17, 15) is 18.3 Å². The van der Waals surface area contributed by atoms with Crippen molar-refractivity contribution >= 4 is 27.4 Å². The summed E-state index contributed by atoms with van der Waals surface area (Å²) < 4.78 is 27.6. The summed E-state index contributed by atoms with van der Waals surface area (Å²) in [5.41, 5.74) is 2.17. The molecule has 28 heavy (non-hydrogen) atoms. The Morgan fingerprint density at radius 3 is 2.54 bits per heavy atom. The van der Waals surface area contributed by atoms with E-state index in [1.54, 1.807) is 30.3 Å². The second-order valence-electron chi connectivity index (χ2n) is 6.77. The lowest BCUT2D eigenvalue weighted by atomic mass is 9.97. The first-order chi connectivity index (χ1) is 13.5. The van der Waals surface area contributed by atoms with Crippen LogP contribution in [0.1, 0.15) is 42.5 Å². The van der Waals surface area contributed by atoms with Crippen molar-refractivity contribution in [3.05, 3.63) is 65.7 Å². The summed E-state index contributed by atoms with van der Waals surface area (Å²) >= 11 is 0. The number of sulfonamides is 1. The van der Waals surface area contributed by atoms with Gasteiger partial charge in [0.05, 0.1) is 10.5 Å². The SMILES string of the molecule is O=C(O)c1cc(S(=O)(=O)Nc2ccccc2)ccc1NCCC1=CCCCC1. The third-order valence-electron chi connectivity index (χ3n) is 4.70. The van der Waals surface area contributed by atoms with Crippen molar-refractivity contribution in [1.82, 2.24) is 0 Å². The number of anilines is 2. The van der Waals surface area contributed by atoms with Gasteiger partial charge in [-0.1, -0.05) is 29.8 Å². The molecule has 6 nitrogen and oxygen atoms in total. The van der Waals surface area contributed by atoms with Gasteiger partial charge in [0.25, 0.3) is 10.0 Å². The van der Waals surface area contributed by atoms with Crippen LogP contribution in [0.2, 0.25) is 0 Å². The zero-order valence-corrected chi connectivity index (χ0v) is 16.3. The van der Waals surface area contributed by atoms with Crippen LogP contribution in [0.4, 0.5) is 11.4 Å². The number of carboxylic acids is 1. The molecule has 2 aromatic carbocycles. The van der Waals surface area contributed by atoms with Crippen molar-refractivity contribution in [3.63, 3.8) is 0 Å². The van der Waals surface area contributed by atoms with E-state index in [1.807, 2.05) is 0 Å². The average molecular weight is 401 g/mol. The standard InChI is InChI=1S/C21H24N2O4S/c24-21(25)19-15-18(28(26,27)23-17-9-5-2-6-10-17)11-12-20(19)22-14-13-16-7-3-1-4-8-16/h2,5-7,9-12,15,22-23H,1,3-4,8,13-14H2,(H,24,25). The summed E-state index contributed by atoms with van der Waals surface area (Å²) in [5, 5.41) is 12.7. The molecule has 1 aliphatic rings. The van der Waals surface area contributed by atoms with Crippen molar-refractivity contribution in [3.8, 4) is 0 Å². The summed E-state index contributed by atoms with van der Waals surface area (Å²) in [4.78, 5) is 11.6. The first-order valence-electron chi connectivity index (χ1n) is 9.33. The van der Waals surface area contributed by atoms with Crippen molar-refractivity contribution in [2.24, 2.45) is 0 Å². The Kier molecular flexibility index (Phi) is 6.36. The molecule has 3 N–H and O–H groups in total. The number of hydrogen-bond acceptors (Lipinski definition) is 4. The van der Waals surface area contributed by atoms with Crippen LogP contribution in [0, 0.1) is 0 Å². The smallest absolute Gasteiger partial charge is 0.337 e. The van der Waals surface area contributed by atoms with Crippen molar-refractivity contribution in [1.29, 1.82) is 0 Å². The molecule has 0 heterocycles. The molecule has 0 spiro atoms. The van der Waals surface area contributed by atoms with Gasteiger partial charge in [-0.25, -0.2) is 13.2 Å². The van der Waals surface area contributed by atoms with Crippen LogP contribution in [0.5, 0.6) is 0 Å². The summed E-state index contributed by atoms with van der Waals surface area (Å²) in [6.07, 6.45) is 7.75. The lowest BCUT2D eigenvalue weighted by Crippen LogP contribution is -2.15. The Hall–Kier alpha value is -2.80. The summed E-state index contributed by atoms with van der Waals surface area (Å²) in [6.45, 7) is 0.612. The molecule has 2 aromatic rings. The highest BCUT2D eigenvalue weighted by Gasteiger charge is 2.19. The highest BCUT2D eigenvalue weighted by Crippen LogP contribution is 2.24. The molecule has 0 saturated heterocycles. The minimum Gasteiger partial charge on any atom is -0.478 e. The lowest BCUT2D eigenvalue weighted by molar-refractivity contribution is 0.0697. The van der Waals surface area contributed by atoms with E-state index in [2.05, 4.69) is 16.1 Å². The number of carboxylic acid groups (broad SMARTS) is 1. The quantitative estimate of drug-likeness (QED) is 0.568. The Morgan fingerprint density at radius 2 is 1.86 bits per heavy atom. The molecule has 0 bridgehead atoms.